The van der Waals surface area contributed by atoms with Crippen molar-refractivity contribution in [1.82, 2.24) is 0 Å². The molecule has 0 aromatic heterocycles. The van der Waals surface area contributed by atoms with Crippen LogP contribution in [0.3, 0.4) is 0 Å². The molecular weight excluding hydrogens is 284 g/mol. The number of hydrogen-bond donors (Lipinski definition) is 1. The minimum Gasteiger partial charge on any atom is -0.393 e. The topological polar surface area (TPSA) is 37.3 Å². The van der Waals surface area contributed by atoms with Gasteiger partial charge in [-0.15, -0.1) is 0 Å². The number of hydrogen-bond acceptors (Lipinski definition) is 2. The molecule has 0 aromatic rings. The van der Waals surface area contributed by atoms with Crippen molar-refractivity contribution in [3.8, 4) is 0 Å². The van der Waals surface area contributed by atoms with Crippen LogP contribution in [0.1, 0.15) is 78.6 Å². The maximum atomic E-state index is 12.0. The second-order valence-corrected chi connectivity index (χ2v) is 10.0. The van der Waals surface area contributed by atoms with Crippen LogP contribution in [-0.4, -0.2) is 17.0 Å². The molecule has 8 atom stereocenters. The summed E-state index contributed by atoms with van der Waals surface area (Å²) in [6.45, 7) is 6.83. The SMILES string of the molecule is CC(=O)C1C[C@H]2[C@@H]3CCC4CC(O)CC[C@]4(C)[C@H]3CC[C@]2(C)C1. The molecule has 0 heterocycles. The first kappa shape index (κ1) is 16.1. The molecule has 0 radical (unpaired) electrons. The molecule has 4 aliphatic carbocycles. The second-order valence-electron chi connectivity index (χ2n) is 10.0. The number of Topliss-reactive ketones (excluding diaryl/α,β-unsaturated/α-hetero) is 1. The van der Waals surface area contributed by atoms with E-state index < -0.39 is 0 Å². The van der Waals surface area contributed by atoms with Crippen LogP contribution < -0.4 is 0 Å². The fourth-order valence-electron chi connectivity index (χ4n) is 7.60. The van der Waals surface area contributed by atoms with Crippen molar-refractivity contribution in [2.75, 3.05) is 0 Å². The van der Waals surface area contributed by atoms with E-state index in [0.29, 0.717) is 22.5 Å². The lowest BCUT2D eigenvalue weighted by Gasteiger charge is -2.60. The van der Waals surface area contributed by atoms with E-state index in [2.05, 4.69) is 13.8 Å². The molecule has 0 saturated heterocycles. The third kappa shape index (κ3) is 2.34. The Hall–Kier alpha value is -0.370. The molecule has 1 N–H and O–H groups in total. The van der Waals surface area contributed by atoms with Crippen molar-refractivity contribution in [1.29, 1.82) is 0 Å². The third-order valence-corrected chi connectivity index (χ3v) is 8.98. The van der Waals surface area contributed by atoms with Gasteiger partial charge >= 0.3 is 0 Å². The fraction of sp³-hybridized carbons (Fsp3) is 0.952. The second kappa shape index (κ2) is 5.31. The van der Waals surface area contributed by atoms with Crippen LogP contribution in [0.2, 0.25) is 0 Å². The predicted octanol–water partition coefficient (Wildman–Crippen LogP) is 4.60. The Bertz CT molecular complexity index is 500. The van der Waals surface area contributed by atoms with E-state index in [1.54, 1.807) is 0 Å². The normalized spacial score (nSPS) is 55.7. The molecule has 4 aliphatic rings. The first-order valence-corrected chi connectivity index (χ1v) is 10.0. The summed E-state index contributed by atoms with van der Waals surface area (Å²) in [4.78, 5) is 12.0. The molecular formula is C21H34O2. The molecule has 2 nitrogen and oxygen atoms in total. The van der Waals surface area contributed by atoms with Gasteiger partial charge in [0.15, 0.2) is 0 Å². The number of ketones is 1. The highest BCUT2D eigenvalue weighted by Crippen LogP contribution is 2.66. The molecule has 4 fully saturated rings. The van der Waals surface area contributed by atoms with Crippen molar-refractivity contribution in [3.05, 3.63) is 0 Å². The van der Waals surface area contributed by atoms with Crippen LogP contribution in [0.4, 0.5) is 0 Å². The zero-order chi connectivity index (χ0) is 16.4. The number of rotatable bonds is 1. The van der Waals surface area contributed by atoms with Crippen LogP contribution in [0, 0.1) is 40.4 Å². The Kier molecular flexibility index (Phi) is 3.72. The highest BCUT2D eigenvalue weighted by Gasteiger charge is 2.59. The number of aliphatic hydroxyl groups is 1. The van der Waals surface area contributed by atoms with Crippen molar-refractivity contribution in [3.63, 3.8) is 0 Å². The summed E-state index contributed by atoms with van der Waals surface area (Å²) < 4.78 is 0. The summed E-state index contributed by atoms with van der Waals surface area (Å²) in [6, 6.07) is 0. The zero-order valence-electron chi connectivity index (χ0n) is 15.2. The monoisotopic (exact) mass is 318 g/mol. The zero-order valence-corrected chi connectivity index (χ0v) is 15.2. The van der Waals surface area contributed by atoms with Gasteiger partial charge in [0.1, 0.15) is 5.78 Å². The molecule has 2 heteroatoms. The maximum Gasteiger partial charge on any atom is 0.132 e. The van der Waals surface area contributed by atoms with E-state index in [0.717, 1.165) is 49.4 Å². The van der Waals surface area contributed by atoms with E-state index in [9.17, 15) is 9.90 Å². The van der Waals surface area contributed by atoms with Crippen LogP contribution in [0.25, 0.3) is 0 Å². The first-order valence-electron chi connectivity index (χ1n) is 10.0. The molecule has 4 saturated carbocycles. The van der Waals surface area contributed by atoms with Crippen molar-refractivity contribution in [2.24, 2.45) is 40.4 Å². The van der Waals surface area contributed by atoms with Gasteiger partial charge in [0.2, 0.25) is 0 Å². The van der Waals surface area contributed by atoms with Gasteiger partial charge in [-0.05, 0) is 99.2 Å². The number of aliphatic hydroxyl groups excluding tert-OH is 1. The molecule has 23 heavy (non-hydrogen) atoms. The Balaban J connectivity index is 1.60. The average molecular weight is 319 g/mol. The molecule has 130 valence electrons. The Morgan fingerprint density at radius 1 is 1.00 bits per heavy atom. The van der Waals surface area contributed by atoms with E-state index >= 15 is 0 Å². The van der Waals surface area contributed by atoms with Gasteiger partial charge in [-0.1, -0.05) is 13.8 Å². The average Bonchev–Trinajstić information content (AvgIpc) is 2.86. The van der Waals surface area contributed by atoms with E-state index in [1.807, 2.05) is 6.92 Å². The van der Waals surface area contributed by atoms with Gasteiger partial charge in [-0.25, -0.2) is 0 Å². The van der Waals surface area contributed by atoms with Crippen LogP contribution >= 0.6 is 0 Å². The van der Waals surface area contributed by atoms with Gasteiger partial charge in [-0.3, -0.25) is 4.79 Å². The Morgan fingerprint density at radius 3 is 2.52 bits per heavy atom. The highest BCUT2D eigenvalue weighted by molar-refractivity contribution is 5.78. The van der Waals surface area contributed by atoms with Crippen LogP contribution in [0.15, 0.2) is 0 Å². The number of fused-ring (bicyclic) bond motifs is 5. The largest absolute Gasteiger partial charge is 0.393 e. The van der Waals surface area contributed by atoms with E-state index in [1.165, 1.54) is 32.1 Å². The van der Waals surface area contributed by atoms with E-state index in [-0.39, 0.29) is 6.10 Å². The van der Waals surface area contributed by atoms with E-state index in [4.69, 9.17) is 0 Å². The molecule has 4 rings (SSSR count). The minimum absolute atomic E-state index is 0.0490. The Morgan fingerprint density at radius 2 is 1.78 bits per heavy atom. The number of carbonyl (C=O) groups is 1. The van der Waals surface area contributed by atoms with Gasteiger partial charge in [0, 0.05) is 5.92 Å². The van der Waals surface area contributed by atoms with Crippen LogP contribution in [0.5, 0.6) is 0 Å². The summed E-state index contributed by atoms with van der Waals surface area (Å²) >= 11 is 0. The third-order valence-electron chi connectivity index (χ3n) is 8.98. The van der Waals surface area contributed by atoms with Gasteiger partial charge < -0.3 is 5.11 Å². The minimum atomic E-state index is -0.0490. The summed E-state index contributed by atoms with van der Waals surface area (Å²) in [5.41, 5.74) is 0.882. The summed E-state index contributed by atoms with van der Waals surface area (Å²) in [6.07, 6.45) is 10.9. The van der Waals surface area contributed by atoms with Crippen LogP contribution in [-0.2, 0) is 4.79 Å². The first-order chi connectivity index (χ1) is 10.8. The van der Waals surface area contributed by atoms with Crippen molar-refractivity contribution >= 4 is 5.78 Å². The Labute approximate surface area is 141 Å². The fourth-order valence-corrected chi connectivity index (χ4v) is 7.60. The molecule has 3 unspecified atom stereocenters. The lowest BCUT2D eigenvalue weighted by atomic mass is 9.45. The lowest BCUT2D eigenvalue weighted by molar-refractivity contribution is -0.121. The smallest absolute Gasteiger partial charge is 0.132 e. The van der Waals surface area contributed by atoms with Gasteiger partial charge in [-0.2, -0.15) is 0 Å². The molecule has 0 aromatic carbocycles. The summed E-state index contributed by atoms with van der Waals surface area (Å²) in [5, 5.41) is 10.1. The summed E-state index contributed by atoms with van der Waals surface area (Å²) in [7, 11) is 0. The number of carbonyl (C=O) groups excluding carboxylic acids is 1. The molecule has 0 aliphatic heterocycles. The predicted molar refractivity (Wildman–Crippen MR) is 91.9 cm³/mol. The molecule has 0 spiro atoms. The van der Waals surface area contributed by atoms with Gasteiger partial charge in [0.05, 0.1) is 6.10 Å². The quantitative estimate of drug-likeness (QED) is 0.767. The summed E-state index contributed by atoms with van der Waals surface area (Å²) in [5.74, 6) is 3.97. The van der Waals surface area contributed by atoms with Crippen molar-refractivity contribution in [2.45, 2.75) is 84.7 Å². The van der Waals surface area contributed by atoms with Gasteiger partial charge in [0.25, 0.3) is 0 Å². The highest BCUT2D eigenvalue weighted by atomic mass is 16.3. The van der Waals surface area contributed by atoms with Crippen molar-refractivity contribution < 1.29 is 9.90 Å². The molecule has 0 bridgehead atoms. The lowest BCUT2D eigenvalue weighted by Crippen LogP contribution is -2.53. The maximum absolute atomic E-state index is 12.0. The standard InChI is InChI=1S/C21H34O2/c1-13(22)14-10-19-17-5-4-15-11-16(23)6-9-21(15,3)18(17)7-8-20(19,2)12-14/h14-19,23H,4-12H2,1-3H3/t14?,15?,16?,17-,18+,19+,20-,21+/m1/s1. The molecule has 0 amide bonds.